The van der Waals surface area contributed by atoms with Crippen LogP contribution in [0.4, 0.5) is 0 Å². The van der Waals surface area contributed by atoms with E-state index in [9.17, 15) is 19.2 Å². The molecule has 0 heterocycles. The summed E-state index contributed by atoms with van der Waals surface area (Å²) in [6, 6.07) is 10.3. The summed E-state index contributed by atoms with van der Waals surface area (Å²) in [4.78, 5) is 47.5. The van der Waals surface area contributed by atoms with Gasteiger partial charge in [-0.25, -0.2) is 0 Å². The van der Waals surface area contributed by atoms with Crippen LogP contribution < -0.4 is 14.2 Å². The normalized spacial score (nSPS) is 10.2. The maximum absolute atomic E-state index is 12.9. The largest absolute Gasteiger partial charge is 0.427 e. The topological polar surface area (TPSA) is 96.0 Å². The second kappa shape index (κ2) is 10.2. The summed E-state index contributed by atoms with van der Waals surface area (Å²) in [5.41, 5.74) is 0.454. The van der Waals surface area contributed by atoms with Crippen LogP contribution in [0, 0.1) is 0 Å². The number of ether oxygens (including phenoxy) is 3. The van der Waals surface area contributed by atoms with Crippen molar-refractivity contribution < 1.29 is 33.4 Å². The van der Waals surface area contributed by atoms with Gasteiger partial charge in [-0.3, -0.25) is 19.2 Å². The van der Waals surface area contributed by atoms with Gasteiger partial charge in [0, 0.05) is 30.9 Å². The second-order valence-electron chi connectivity index (χ2n) is 5.99. The van der Waals surface area contributed by atoms with Crippen molar-refractivity contribution in [1.29, 1.82) is 0 Å². The van der Waals surface area contributed by atoms with Crippen molar-refractivity contribution in [1.82, 2.24) is 0 Å². The Hall–Kier alpha value is -3.48. The van der Waals surface area contributed by atoms with Gasteiger partial charge in [0.2, 0.25) is 0 Å². The van der Waals surface area contributed by atoms with E-state index in [-0.39, 0.29) is 42.3 Å². The van der Waals surface area contributed by atoms with Gasteiger partial charge in [0.1, 0.15) is 17.2 Å². The van der Waals surface area contributed by atoms with Gasteiger partial charge in [-0.15, -0.1) is 0 Å². The fourth-order valence-corrected chi connectivity index (χ4v) is 2.27. The minimum absolute atomic E-state index is 0.00439. The lowest BCUT2D eigenvalue weighted by Gasteiger charge is -2.12. The summed E-state index contributed by atoms with van der Waals surface area (Å²) in [6.45, 7) is 4.96. The molecule has 7 nitrogen and oxygen atoms in total. The summed E-state index contributed by atoms with van der Waals surface area (Å²) in [6.07, 6.45) is 0.533. The fourth-order valence-electron chi connectivity index (χ4n) is 2.27. The highest BCUT2D eigenvalue weighted by Gasteiger charge is 2.19. The molecular weight excluding hydrogens is 376 g/mol. The van der Waals surface area contributed by atoms with Crippen LogP contribution in [-0.4, -0.2) is 23.7 Å². The lowest BCUT2D eigenvalue weighted by atomic mass is 10.0. The minimum Gasteiger partial charge on any atom is -0.427 e. The number of esters is 3. The van der Waals surface area contributed by atoms with Crippen LogP contribution in [0.5, 0.6) is 17.2 Å². The van der Waals surface area contributed by atoms with Crippen molar-refractivity contribution in [2.75, 3.05) is 0 Å². The molecule has 2 rings (SSSR count). The minimum atomic E-state index is -0.528. The molecule has 0 radical (unpaired) electrons. The molecule has 0 aliphatic heterocycles. The smallest absolute Gasteiger partial charge is 0.310 e. The van der Waals surface area contributed by atoms with Gasteiger partial charge in [-0.1, -0.05) is 20.8 Å². The molecule has 0 aliphatic rings. The van der Waals surface area contributed by atoms with Gasteiger partial charge in [-0.05, 0) is 36.4 Å². The number of hydrogen-bond acceptors (Lipinski definition) is 7. The standard InChI is InChI=1S/C22H22O7/c1-4-19(23)27-15-9-7-14(8-10-15)22(26)17-12-11-16(28-20(24)5-2)13-18(17)29-21(25)6-3/h7-13H,4-6H2,1-3H3. The van der Waals surface area contributed by atoms with Crippen molar-refractivity contribution in [2.45, 2.75) is 40.0 Å². The Labute approximate surface area is 168 Å². The molecule has 0 atom stereocenters. The van der Waals surface area contributed by atoms with E-state index >= 15 is 0 Å². The van der Waals surface area contributed by atoms with Crippen molar-refractivity contribution in [3.05, 3.63) is 53.6 Å². The Morgan fingerprint density at radius 1 is 0.655 bits per heavy atom. The zero-order valence-electron chi connectivity index (χ0n) is 16.5. The number of carbonyl (C=O) groups excluding carboxylic acids is 4. The monoisotopic (exact) mass is 398 g/mol. The van der Waals surface area contributed by atoms with E-state index < -0.39 is 17.7 Å². The highest BCUT2D eigenvalue weighted by Crippen LogP contribution is 2.28. The number of hydrogen-bond donors (Lipinski definition) is 0. The van der Waals surface area contributed by atoms with E-state index in [0.29, 0.717) is 11.3 Å². The van der Waals surface area contributed by atoms with E-state index in [0.717, 1.165) is 0 Å². The number of rotatable bonds is 8. The molecule has 0 bridgehead atoms. The van der Waals surface area contributed by atoms with E-state index in [1.165, 1.54) is 42.5 Å². The lowest BCUT2D eigenvalue weighted by Crippen LogP contribution is -2.12. The summed E-state index contributed by atoms with van der Waals surface area (Å²) in [5.74, 6) is -1.25. The third-order valence-electron chi connectivity index (χ3n) is 3.87. The highest BCUT2D eigenvalue weighted by molar-refractivity contribution is 6.11. The third-order valence-corrected chi connectivity index (χ3v) is 3.87. The third kappa shape index (κ3) is 6.00. The Morgan fingerprint density at radius 2 is 1.14 bits per heavy atom. The molecule has 0 saturated heterocycles. The first-order valence-corrected chi connectivity index (χ1v) is 9.28. The van der Waals surface area contributed by atoms with Gasteiger partial charge in [0.05, 0.1) is 5.56 Å². The van der Waals surface area contributed by atoms with Crippen molar-refractivity contribution in [2.24, 2.45) is 0 Å². The van der Waals surface area contributed by atoms with Crippen LogP contribution >= 0.6 is 0 Å². The molecule has 29 heavy (non-hydrogen) atoms. The van der Waals surface area contributed by atoms with Gasteiger partial charge < -0.3 is 14.2 Å². The van der Waals surface area contributed by atoms with Crippen LogP contribution in [0.3, 0.4) is 0 Å². The molecule has 2 aromatic rings. The van der Waals surface area contributed by atoms with Crippen molar-refractivity contribution in [3.63, 3.8) is 0 Å². The molecule has 152 valence electrons. The van der Waals surface area contributed by atoms with Gasteiger partial charge in [0.15, 0.2) is 5.78 Å². The fraction of sp³-hybridized carbons (Fsp3) is 0.273. The van der Waals surface area contributed by atoms with Crippen LogP contribution in [0.2, 0.25) is 0 Å². The molecule has 2 aromatic carbocycles. The van der Waals surface area contributed by atoms with E-state index in [1.54, 1.807) is 20.8 Å². The highest BCUT2D eigenvalue weighted by atomic mass is 16.5. The Morgan fingerprint density at radius 3 is 1.69 bits per heavy atom. The summed E-state index contributed by atoms with van der Waals surface area (Å²) < 4.78 is 15.5. The van der Waals surface area contributed by atoms with Gasteiger partial charge >= 0.3 is 17.9 Å². The van der Waals surface area contributed by atoms with E-state index in [2.05, 4.69) is 0 Å². The summed E-state index contributed by atoms with van der Waals surface area (Å²) >= 11 is 0. The second-order valence-corrected chi connectivity index (χ2v) is 5.99. The SMILES string of the molecule is CCC(=O)Oc1ccc(C(=O)c2ccc(OC(=O)CC)cc2OC(=O)CC)cc1. The predicted molar refractivity (Wildman–Crippen MR) is 104 cm³/mol. The maximum atomic E-state index is 12.9. The lowest BCUT2D eigenvalue weighted by molar-refractivity contribution is -0.135. The quantitative estimate of drug-likeness (QED) is 0.378. The van der Waals surface area contributed by atoms with Crippen molar-refractivity contribution >= 4 is 23.7 Å². The number of carbonyl (C=O) groups is 4. The molecule has 0 aromatic heterocycles. The molecule has 0 amide bonds. The molecule has 7 heteroatoms. The van der Waals surface area contributed by atoms with Crippen molar-refractivity contribution in [3.8, 4) is 17.2 Å². The summed E-state index contributed by atoms with van der Waals surface area (Å²) in [5, 5.41) is 0. The average Bonchev–Trinajstić information content (AvgIpc) is 2.73. The molecule has 0 spiro atoms. The van der Waals surface area contributed by atoms with Crippen LogP contribution in [0.25, 0.3) is 0 Å². The molecular formula is C22H22O7. The Bertz CT molecular complexity index is 913. The van der Waals surface area contributed by atoms with Crippen LogP contribution in [-0.2, 0) is 14.4 Å². The zero-order valence-corrected chi connectivity index (χ0v) is 16.5. The first kappa shape index (κ1) is 21.8. The van der Waals surface area contributed by atoms with Gasteiger partial charge in [-0.2, -0.15) is 0 Å². The molecule has 0 N–H and O–H groups in total. The summed E-state index contributed by atoms with van der Waals surface area (Å²) in [7, 11) is 0. The van der Waals surface area contributed by atoms with E-state index in [4.69, 9.17) is 14.2 Å². The van der Waals surface area contributed by atoms with E-state index in [1.807, 2.05) is 0 Å². The molecule has 0 unspecified atom stereocenters. The average molecular weight is 398 g/mol. The van der Waals surface area contributed by atoms with Crippen LogP contribution in [0.1, 0.15) is 56.0 Å². The maximum Gasteiger partial charge on any atom is 0.310 e. The zero-order chi connectivity index (χ0) is 21.4. The van der Waals surface area contributed by atoms with Crippen LogP contribution in [0.15, 0.2) is 42.5 Å². The van der Waals surface area contributed by atoms with Gasteiger partial charge in [0.25, 0.3) is 0 Å². The Kier molecular flexibility index (Phi) is 7.65. The molecule has 0 aliphatic carbocycles. The predicted octanol–water partition coefficient (Wildman–Crippen LogP) is 3.86. The first-order valence-electron chi connectivity index (χ1n) is 9.28. The number of ketones is 1. The molecule has 0 saturated carbocycles. The first-order chi connectivity index (χ1) is 13.9. The number of benzene rings is 2. The Balaban J connectivity index is 2.32. The molecule has 0 fully saturated rings.